The summed E-state index contributed by atoms with van der Waals surface area (Å²) in [6.07, 6.45) is 0. The normalized spacial score (nSPS) is 10.8. The minimum atomic E-state index is -0.397. The van der Waals surface area contributed by atoms with Crippen LogP contribution >= 0.6 is 15.9 Å². The Labute approximate surface area is 106 Å². The van der Waals surface area contributed by atoms with Gasteiger partial charge in [0.15, 0.2) is 5.82 Å². The summed E-state index contributed by atoms with van der Waals surface area (Å²) in [4.78, 5) is 4.12. The molecular formula is C11H11BrFN3O. The second-order valence-corrected chi connectivity index (χ2v) is 4.25. The standard InChI is InChI=1S/C11H11BrFN3O/c1-2-14-6-9-15-11(17-16-9)7-4-3-5-8(12)10(7)13/h3-5,14H,2,6H2,1H3. The predicted octanol–water partition coefficient (Wildman–Crippen LogP) is 2.75. The van der Waals surface area contributed by atoms with E-state index in [4.69, 9.17) is 4.52 Å². The molecule has 0 aliphatic carbocycles. The number of benzene rings is 1. The van der Waals surface area contributed by atoms with Crippen LogP contribution in [0.25, 0.3) is 11.5 Å². The fourth-order valence-corrected chi connectivity index (χ4v) is 1.71. The van der Waals surface area contributed by atoms with Crippen molar-refractivity contribution in [2.75, 3.05) is 6.54 Å². The van der Waals surface area contributed by atoms with Gasteiger partial charge in [0.05, 0.1) is 16.6 Å². The van der Waals surface area contributed by atoms with Gasteiger partial charge in [-0.15, -0.1) is 0 Å². The lowest BCUT2D eigenvalue weighted by Gasteiger charge is -1.98. The Balaban J connectivity index is 2.27. The molecule has 0 fully saturated rings. The number of nitrogens with one attached hydrogen (secondary N) is 1. The SMILES string of the molecule is CCNCc1noc(-c2cccc(Br)c2F)n1. The molecular weight excluding hydrogens is 289 g/mol. The van der Waals surface area contributed by atoms with Crippen molar-refractivity contribution in [2.24, 2.45) is 0 Å². The van der Waals surface area contributed by atoms with E-state index in [1.165, 1.54) is 0 Å². The van der Waals surface area contributed by atoms with Crippen LogP contribution in [0.1, 0.15) is 12.7 Å². The van der Waals surface area contributed by atoms with Crippen molar-refractivity contribution in [2.45, 2.75) is 13.5 Å². The Hall–Kier alpha value is -1.27. The molecule has 17 heavy (non-hydrogen) atoms. The van der Waals surface area contributed by atoms with Gasteiger partial charge in [-0.25, -0.2) is 4.39 Å². The number of hydrogen-bond donors (Lipinski definition) is 1. The number of rotatable bonds is 4. The summed E-state index contributed by atoms with van der Waals surface area (Å²) in [6.45, 7) is 3.31. The Morgan fingerprint density at radius 3 is 3.06 bits per heavy atom. The molecule has 0 amide bonds. The first-order valence-corrected chi connectivity index (χ1v) is 5.99. The molecule has 6 heteroatoms. The van der Waals surface area contributed by atoms with Gasteiger partial charge in [0.2, 0.25) is 0 Å². The smallest absolute Gasteiger partial charge is 0.260 e. The topological polar surface area (TPSA) is 51.0 Å². The Kier molecular flexibility index (Phi) is 3.86. The van der Waals surface area contributed by atoms with E-state index in [1.54, 1.807) is 18.2 Å². The zero-order chi connectivity index (χ0) is 12.3. The van der Waals surface area contributed by atoms with E-state index in [0.717, 1.165) is 6.54 Å². The fraction of sp³-hybridized carbons (Fsp3) is 0.273. The molecule has 0 aliphatic heterocycles. The monoisotopic (exact) mass is 299 g/mol. The van der Waals surface area contributed by atoms with E-state index >= 15 is 0 Å². The lowest BCUT2D eigenvalue weighted by atomic mass is 10.2. The van der Waals surface area contributed by atoms with Crippen LogP contribution in [0.15, 0.2) is 27.2 Å². The first-order chi connectivity index (χ1) is 8.22. The second-order valence-electron chi connectivity index (χ2n) is 3.40. The van der Waals surface area contributed by atoms with Crippen molar-refractivity contribution in [3.63, 3.8) is 0 Å². The highest BCUT2D eigenvalue weighted by Crippen LogP contribution is 2.26. The van der Waals surface area contributed by atoms with E-state index in [1.807, 2.05) is 6.92 Å². The number of aromatic nitrogens is 2. The summed E-state index contributed by atoms with van der Waals surface area (Å²) in [6, 6.07) is 4.94. The summed E-state index contributed by atoms with van der Waals surface area (Å²) in [7, 11) is 0. The first-order valence-electron chi connectivity index (χ1n) is 5.20. The molecule has 1 N–H and O–H groups in total. The van der Waals surface area contributed by atoms with Crippen LogP contribution < -0.4 is 5.32 Å². The molecule has 1 aromatic carbocycles. The molecule has 0 spiro atoms. The Bertz CT molecular complexity index is 515. The maximum absolute atomic E-state index is 13.8. The van der Waals surface area contributed by atoms with Crippen molar-refractivity contribution in [1.82, 2.24) is 15.5 Å². The molecule has 0 unspecified atom stereocenters. The molecule has 0 bridgehead atoms. The average Bonchev–Trinajstić information content (AvgIpc) is 2.78. The molecule has 1 heterocycles. The minimum absolute atomic E-state index is 0.191. The third kappa shape index (κ3) is 2.70. The van der Waals surface area contributed by atoms with Gasteiger partial charge in [-0.3, -0.25) is 0 Å². The first kappa shape index (κ1) is 12.2. The largest absolute Gasteiger partial charge is 0.334 e. The summed E-state index contributed by atoms with van der Waals surface area (Å²) in [5.74, 6) is 0.309. The second kappa shape index (κ2) is 5.37. The lowest BCUT2D eigenvalue weighted by Crippen LogP contribution is -2.12. The van der Waals surface area contributed by atoms with Gasteiger partial charge in [-0.2, -0.15) is 4.98 Å². The van der Waals surface area contributed by atoms with Gasteiger partial charge in [0.25, 0.3) is 5.89 Å². The van der Waals surface area contributed by atoms with Crippen LogP contribution in [0, 0.1) is 5.82 Å². The van der Waals surface area contributed by atoms with Crippen molar-refractivity contribution < 1.29 is 8.91 Å². The highest BCUT2D eigenvalue weighted by atomic mass is 79.9. The van der Waals surface area contributed by atoms with Crippen molar-refractivity contribution >= 4 is 15.9 Å². The highest BCUT2D eigenvalue weighted by Gasteiger charge is 2.14. The quantitative estimate of drug-likeness (QED) is 0.943. The van der Waals surface area contributed by atoms with Gasteiger partial charge in [0, 0.05) is 0 Å². The van der Waals surface area contributed by atoms with Gasteiger partial charge in [0.1, 0.15) is 5.82 Å². The summed E-state index contributed by atoms with van der Waals surface area (Å²) in [5.41, 5.74) is 0.301. The van der Waals surface area contributed by atoms with E-state index in [0.29, 0.717) is 22.4 Å². The van der Waals surface area contributed by atoms with E-state index in [9.17, 15) is 4.39 Å². The maximum Gasteiger partial charge on any atom is 0.260 e. The van der Waals surface area contributed by atoms with Crippen molar-refractivity contribution in [3.8, 4) is 11.5 Å². The molecule has 0 saturated carbocycles. The van der Waals surface area contributed by atoms with E-state index in [2.05, 4.69) is 31.4 Å². The van der Waals surface area contributed by atoms with Gasteiger partial charge in [-0.05, 0) is 34.6 Å². The molecule has 0 atom stereocenters. The van der Waals surface area contributed by atoms with Gasteiger partial charge >= 0.3 is 0 Å². The summed E-state index contributed by atoms with van der Waals surface area (Å²) in [5, 5.41) is 6.84. The molecule has 0 saturated heterocycles. The zero-order valence-electron chi connectivity index (χ0n) is 9.20. The van der Waals surface area contributed by atoms with Gasteiger partial charge in [-0.1, -0.05) is 18.1 Å². The Morgan fingerprint density at radius 2 is 2.29 bits per heavy atom. The highest BCUT2D eigenvalue weighted by molar-refractivity contribution is 9.10. The predicted molar refractivity (Wildman–Crippen MR) is 64.8 cm³/mol. The van der Waals surface area contributed by atoms with E-state index < -0.39 is 5.82 Å². The average molecular weight is 300 g/mol. The van der Waals surface area contributed by atoms with Crippen LogP contribution in [0.5, 0.6) is 0 Å². The van der Waals surface area contributed by atoms with Crippen LogP contribution in [0.3, 0.4) is 0 Å². The Morgan fingerprint density at radius 1 is 1.47 bits per heavy atom. The fourth-order valence-electron chi connectivity index (χ4n) is 1.34. The lowest BCUT2D eigenvalue weighted by molar-refractivity contribution is 0.417. The molecule has 90 valence electrons. The minimum Gasteiger partial charge on any atom is -0.334 e. The van der Waals surface area contributed by atoms with Crippen molar-refractivity contribution in [1.29, 1.82) is 0 Å². The summed E-state index contributed by atoms with van der Waals surface area (Å²) < 4.78 is 19.2. The number of nitrogens with zero attached hydrogens (tertiary/aromatic N) is 2. The van der Waals surface area contributed by atoms with Crippen LogP contribution in [-0.2, 0) is 6.54 Å². The maximum atomic E-state index is 13.8. The number of halogens is 2. The van der Waals surface area contributed by atoms with Crippen LogP contribution in [0.4, 0.5) is 4.39 Å². The molecule has 2 aromatic rings. The third-order valence-electron chi connectivity index (χ3n) is 2.18. The van der Waals surface area contributed by atoms with E-state index in [-0.39, 0.29) is 5.89 Å². The van der Waals surface area contributed by atoms with Gasteiger partial charge < -0.3 is 9.84 Å². The van der Waals surface area contributed by atoms with Crippen LogP contribution in [0.2, 0.25) is 0 Å². The van der Waals surface area contributed by atoms with Crippen LogP contribution in [-0.4, -0.2) is 16.7 Å². The summed E-state index contributed by atoms with van der Waals surface area (Å²) >= 11 is 3.11. The van der Waals surface area contributed by atoms with Crippen molar-refractivity contribution in [3.05, 3.63) is 34.3 Å². The molecule has 1 aromatic heterocycles. The number of hydrogen-bond acceptors (Lipinski definition) is 4. The molecule has 4 nitrogen and oxygen atoms in total. The third-order valence-corrected chi connectivity index (χ3v) is 2.80. The zero-order valence-corrected chi connectivity index (χ0v) is 10.8. The molecule has 0 aliphatic rings. The molecule has 2 rings (SSSR count). The molecule has 0 radical (unpaired) electrons.